The molecule has 1 N–H and O–H groups in total. The van der Waals surface area contributed by atoms with Gasteiger partial charge in [0.25, 0.3) is 0 Å². The molecule has 2 aliphatic heterocycles. The molecule has 0 aromatic heterocycles. The van der Waals surface area contributed by atoms with Crippen LogP contribution >= 0.6 is 0 Å². The molecular formula is C17H24N4O2. The van der Waals surface area contributed by atoms with Crippen LogP contribution in [0.25, 0.3) is 0 Å². The third kappa shape index (κ3) is 2.79. The van der Waals surface area contributed by atoms with Gasteiger partial charge in [0.15, 0.2) is 0 Å². The number of anilines is 1. The maximum Gasteiger partial charge on any atom is 0.250 e. The quantitative estimate of drug-likeness (QED) is 0.882. The van der Waals surface area contributed by atoms with Crippen LogP contribution < -0.4 is 10.2 Å². The minimum atomic E-state index is -0.515. The van der Waals surface area contributed by atoms with Crippen molar-refractivity contribution in [1.82, 2.24) is 15.1 Å². The number of piperidine rings is 1. The van der Waals surface area contributed by atoms with Crippen molar-refractivity contribution >= 4 is 17.5 Å². The van der Waals surface area contributed by atoms with Gasteiger partial charge >= 0.3 is 0 Å². The van der Waals surface area contributed by atoms with Crippen LogP contribution in [0.4, 0.5) is 5.69 Å². The lowest BCUT2D eigenvalue weighted by molar-refractivity contribution is -0.139. The fourth-order valence-electron chi connectivity index (χ4n) is 3.47. The molecule has 0 atom stereocenters. The van der Waals surface area contributed by atoms with E-state index < -0.39 is 5.54 Å². The van der Waals surface area contributed by atoms with E-state index in [9.17, 15) is 9.59 Å². The highest BCUT2D eigenvalue weighted by Gasteiger charge is 2.53. The van der Waals surface area contributed by atoms with E-state index >= 15 is 0 Å². The molecular weight excluding hydrogens is 292 g/mol. The Morgan fingerprint density at radius 2 is 1.87 bits per heavy atom. The summed E-state index contributed by atoms with van der Waals surface area (Å²) in [5.74, 6) is 0.0374. The number of hydrogen-bond donors (Lipinski definition) is 1. The first-order valence-electron chi connectivity index (χ1n) is 8.07. The molecule has 6 heteroatoms. The molecule has 3 rings (SSSR count). The Balaban J connectivity index is 1.90. The van der Waals surface area contributed by atoms with Crippen molar-refractivity contribution in [1.29, 1.82) is 0 Å². The molecule has 2 saturated heterocycles. The number of para-hydroxylation sites is 1. The highest BCUT2D eigenvalue weighted by atomic mass is 16.2. The molecule has 0 bridgehead atoms. The van der Waals surface area contributed by atoms with Gasteiger partial charge in [-0.05, 0) is 38.1 Å². The second-order valence-electron chi connectivity index (χ2n) is 6.48. The summed E-state index contributed by atoms with van der Waals surface area (Å²) in [7, 11) is 3.44. The number of rotatable bonds is 3. The molecule has 0 radical (unpaired) electrons. The molecule has 2 aliphatic rings. The van der Waals surface area contributed by atoms with Gasteiger partial charge in [-0.1, -0.05) is 18.2 Å². The Hall–Kier alpha value is -2.08. The number of nitrogens with one attached hydrogen (secondary N) is 1. The van der Waals surface area contributed by atoms with Gasteiger partial charge in [0.2, 0.25) is 11.8 Å². The number of likely N-dealkylation sites (N-methyl/N-ethyl adjacent to an activating group) is 1. The number of hydrogen-bond acceptors (Lipinski definition) is 4. The van der Waals surface area contributed by atoms with E-state index in [1.165, 1.54) is 4.90 Å². The lowest BCUT2D eigenvalue weighted by Crippen LogP contribution is -2.55. The Kier molecular flexibility index (Phi) is 4.26. The van der Waals surface area contributed by atoms with Crippen LogP contribution in [0, 0.1) is 0 Å². The smallest absolute Gasteiger partial charge is 0.250 e. The summed E-state index contributed by atoms with van der Waals surface area (Å²) in [5, 5.41) is 3.33. The molecule has 2 amide bonds. The van der Waals surface area contributed by atoms with Crippen LogP contribution in [-0.2, 0) is 9.59 Å². The zero-order valence-corrected chi connectivity index (χ0v) is 13.8. The number of nitrogens with zero attached hydrogens (tertiary/aromatic N) is 3. The van der Waals surface area contributed by atoms with Gasteiger partial charge in [-0.15, -0.1) is 0 Å². The number of carbonyl (C=O) groups excluding carboxylic acids is 2. The van der Waals surface area contributed by atoms with Crippen LogP contribution in [0.2, 0.25) is 0 Å². The average Bonchev–Trinajstić information content (AvgIpc) is 2.82. The zero-order valence-electron chi connectivity index (χ0n) is 13.8. The van der Waals surface area contributed by atoms with Gasteiger partial charge in [-0.25, -0.2) is 0 Å². The van der Waals surface area contributed by atoms with Crippen molar-refractivity contribution in [2.75, 3.05) is 45.3 Å². The van der Waals surface area contributed by atoms with E-state index in [1.54, 1.807) is 19.0 Å². The summed E-state index contributed by atoms with van der Waals surface area (Å²) in [5.41, 5.74) is 0.529. The first-order chi connectivity index (χ1) is 11.0. The minimum absolute atomic E-state index is 0.0441. The van der Waals surface area contributed by atoms with Crippen LogP contribution in [0.15, 0.2) is 30.3 Å². The number of amides is 2. The van der Waals surface area contributed by atoms with E-state index in [2.05, 4.69) is 10.2 Å². The molecule has 1 aromatic carbocycles. The minimum Gasteiger partial charge on any atom is -0.347 e. The zero-order chi connectivity index (χ0) is 16.4. The molecule has 0 unspecified atom stereocenters. The van der Waals surface area contributed by atoms with Gasteiger partial charge < -0.3 is 20.0 Å². The molecule has 2 heterocycles. The Bertz CT molecular complexity index is 582. The third-order valence-electron chi connectivity index (χ3n) is 4.84. The summed E-state index contributed by atoms with van der Waals surface area (Å²) < 4.78 is 0. The second kappa shape index (κ2) is 6.20. The van der Waals surface area contributed by atoms with Crippen molar-refractivity contribution in [2.24, 2.45) is 0 Å². The van der Waals surface area contributed by atoms with Gasteiger partial charge in [-0.3, -0.25) is 9.59 Å². The predicted molar refractivity (Wildman–Crippen MR) is 89.0 cm³/mol. The molecule has 0 saturated carbocycles. The summed E-state index contributed by atoms with van der Waals surface area (Å²) in [6, 6.07) is 10.0. The third-order valence-corrected chi connectivity index (χ3v) is 4.84. The normalized spacial score (nSPS) is 20.2. The largest absolute Gasteiger partial charge is 0.347 e. The molecule has 23 heavy (non-hydrogen) atoms. The molecule has 1 spiro atoms. The maximum atomic E-state index is 13.1. The fourth-order valence-corrected chi connectivity index (χ4v) is 3.47. The van der Waals surface area contributed by atoms with Crippen LogP contribution in [-0.4, -0.2) is 67.6 Å². The van der Waals surface area contributed by atoms with Gasteiger partial charge in [0, 0.05) is 19.8 Å². The molecule has 0 aliphatic carbocycles. The van der Waals surface area contributed by atoms with Crippen LogP contribution in [0.5, 0.6) is 0 Å². The fraction of sp³-hybridized carbons (Fsp3) is 0.529. The summed E-state index contributed by atoms with van der Waals surface area (Å²) in [6.07, 6.45) is 1.54. The standard InChI is InChI=1S/C17H24N4O2/c1-19(2)15(22)12-20-13-21(14-6-4-3-5-7-14)17(16(20)23)8-10-18-11-9-17/h3-7,18H,8-13H2,1-2H3. The Labute approximate surface area is 137 Å². The summed E-state index contributed by atoms with van der Waals surface area (Å²) in [4.78, 5) is 30.6. The van der Waals surface area contributed by atoms with Crippen LogP contribution in [0.3, 0.4) is 0 Å². The van der Waals surface area contributed by atoms with Crippen molar-refractivity contribution in [3.63, 3.8) is 0 Å². The van der Waals surface area contributed by atoms with E-state index in [-0.39, 0.29) is 18.4 Å². The van der Waals surface area contributed by atoms with Crippen molar-refractivity contribution in [3.05, 3.63) is 30.3 Å². The van der Waals surface area contributed by atoms with Crippen molar-refractivity contribution in [3.8, 4) is 0 Å². The second-order valence-corrected chi connectivity index (χ2v) is 6.48. The van der Waals surface area contributed by atoms with Gasteiger partial charge in [-0.2, -0.15) is 0 Å². The van der Waals surface area contributed by atoms with E-state index in [0.29, 0.717) is 6.67 Å². The lowest BCUT2D eigenvalue weighted by atomic mass is 9.86. The number of benzene rings is 1. The molecule has 124 valence electrons. The molecule has 1 aromatic rings. The topological polar surface area (TPSA) is 55.9 Å². The maximum absolute atomic E-state index is 13.1. The number of carbonyl (C=O) groups is 2. The van der Waals surface area contributed by atoms with Crippen molar-refractivity contribution in [2.45, 2.75) is 18.4 Å². The average molecular weight is 316 g/mol. The first kappa shape index (κ1) is 15.8. The predicted octanol–water partition coefficient (Wildman–Crippen LogP) is 0.503. The van der Waals surface area contributed by atoms with E-state index in [4.69, 9.17) is 0 Å². The van der Waals surface area contributed by atoms with Crippen LogP contribution in [0.1, 0.15) is 12.8 Å². The Morgan fingerprint density at radius 1 is 1.22 bits per heavy atom. The van der Waals surface area contributed by atoms with E-state index in [0.717, 1.165) is 31.6 Å². The lowest BCUT2D eigenvalue weighted by Gasteiger charge is -2.40. The SMILES string of the molecule is CN(C)C(=O)CN1CN(c2ccccc2)C2(CCNCC2)C1=O. The Morgan fingerprint density at radius 3 is 2.48 bits per heavy atom. The van der Waals surface area contributed by atoms with Crippen molar-refractivity contribution < 1.29 is 9.59 Å². The summed E-state index contributed by atoms with van der Waals surface area (Å²) in [6.45, 7) is 2.27. The highest BCUT2D eigenvalue weighted by Crippen LogP contribution is 2.37. The van der Waals surface area contributed by atoms with E-state index in [1.807, 2.05) is 30.3 Å². The highest BCUT2D eigenvalue weighted by molar-refractivity contribution is 5.96. The molecule has 6 nitrogen and oxygen atoms in total. The van der Waals surface area contributed by atoms with Gasteiger partial charge in [0.05, 0.1) is 6.67 Å². The molecule has 2 fully saturated rings. The first-order valence-corrected chi connectivity index (χ1v) is 8.07. The van der Waals surface area contributed by atoms with Gasteiger partial charge in [0.1, 0.15) is 12.1 Å². The summed E-state index contributed by atoms with van der Waals surface area (Å²) >= 11 is 0. The monoisotopic (exact) mass is 316 g/mol.